The van der Waals surface area contributed by atoms with Gasteiger partial charge in [-0.25, -0.2) is 0 Å². The summed E-state index contributed by atoms with van der Waals surface area (Å²) in [6, 6.07) is 12.4. The number of benzene rings is 1. The first-order valence-corrected chi connectivity index (χ1v) is 8.78. The van der Waals surface area contributed by atoms with E-state index in [2.05, 4.69) is 35.0 Å². The highest BCUT2D eigenvalue weighted by Crippen LogP contribution is 2.41. The van der Waals surface area contributed by atoms with Crippen LogP contribution in [0.25, 0.3) is 0 Å². The number of carbonyl (C=O) groups is 1. The largest absolute Gasteiger partial charge is 0.497 e. The lowest BCUT2D eigenvalue weighted by Crippen LogP contribution is -2.46. The Bertz CT molecular complexity index is 714. The summed E-state index contributed by atoms with van der Waals surface area (Å²) in [6.45, 7) is 2.62. The van der Waals surface area contributed by atoms with E-state index in [0.29, 0.717) is 12.3 Å². The number of likely N-dealkylation sites (N-methyl/N-ethyl adjacent to an activating group) is 1. The average molecular weight is 338 g/mol. The molecule has 1 aliphatic heterocycles. The predicted octanol–water partition coefficient (Wildman–Crippen LogP) is 3.68. The third kappa shape index (κ3) is 3.90. The number of aryl methyl sites for hydroxylation is 1. The Kier molecular flexibility index (Phi) is 5.19. The van der Waals surface area contributed by atoms with Crippen molar-refractivity contribution in [3.63, 3.8) is 0 Å². The van der Waals surface area contributed by atoms with E-state index >= 15 is 0 Å². The van der Waals surface area contributed by atoms with Crippen LogP contribution >= 0.6 is 0 Å². The standard InChI is InChI=1S/C21H26N2O2/c1-21(11-10-16-6-8-18(25-3)9-7-16)13-19(23(2)15-20(21)24)17-5-4-12-22-14-17/h4-9,12,14,19H,10-11,13,15H2,1-3H3. The minimum atomic E-state index is -0.299. The van der Waals surface area contributed by atoms with Crippen molar-refractivity contribution in [3.8, 4) is 5.75 Å². The molecule has 2 atom stereocenters. The number of ketones is 1. The predicted molar refractivity (Wildman–Crippen MR) is 98.7 cm³/mol. The van der Waals surface area contributed by atoms with E-state index in [9.17, 15) is 4.79 Å². The van der Waals surface area contributed by atoms with Crippen LogP contribution in [0.4, 0.5) is 0 Å². The summed E-state index contributed by atoms with van der Waals surface area (Å²) in [5.41, 5.74) is 2.13. The van der Waals surface area contributed by atoms with E-state index in [1.807, 2.05) is 31.4 Å². The molecule has 4 heteroatoms. The maximum Gasteiger partial charge on any atom is 0.152 e. The van der Waals surface area contributed by atoms with E-state index in [-0.39, 0.29) is 11.5 Å². The van der Waals surface area contributed by atoms with Gasteiger partial charge < -0.3 is 4.74 Å². The lowest BCUT2D eigenvalue weighted by molar-refractivity contribution is -0.135. The summed E-state index contributed by atoms with van der Waals surface area (Å²) in [5, 5.41) is 0. The number of carbonyl (C=O) groups excluding carboxylic acids is 1. The van der Waals surface area contributed by atoms with Crippen LogP contribution < -0.4 is 4.74 Å². The van der Waals surface area contributed by atoms with Crippen molar-refractivity contribution in [1.29, 1.82) is 0 Å². The summed E-state index contributed by atoms with van der Waals surface area (Å²) in [4.78, 5) is 19.1. The molecule has 0 radical (unpaired) electrons. The maximum absolute atomic E-state index is 12.7. The topological polar surface area (TPSA) is 42.4 Å². The Morgan fingerprint density at radius 2 is 2.04 bits per heavy atom. The molecule has 0 aliphatic carbocycles. The van der Waals surface area contributed by atoms with Crippen molar-refractivity contribution in [2.24, 2.45) is 5.41 Å². The van der Waals surface area contributed by atoms with E-state index in [1.54, 1.807) is 13.3 Å². The number of rotatable bonds is 5. The van der Waals surface area contributed by atoms with Crippen molar-refractivity contribution in [2.45, 2.75) is 32.2 Å². The van der Waals surface area contributed by atoms with Crippen molar-refractivity contribution >= 4 is 5.78 Å². The van der Waals surface area contributed by atoms with Crippen LogP contribution in [0, 0.1) is 5.41 Å². The highest BCUT2D eigenvalue weighted by Gasteiger charge is 2.41. The molecule has 0 spiro atoms. The Labute approximate surface area is 149 Å². The van der Waals surface area contributed by atoms with Gasteiger partial charge in [0, 0.05) is 23.9 Å². The minimum Gasteiger partial charge on any atom is -0.497 e. The van der Waals surface area contributed by atoms with Gasteiger partial charge in [0.1, 0.15) is 5.75 Å². The summed E-state index contributed by atoms with van der Waals surface area (Å²) in [5.74, 6) is 1.20. The van der Waals surface area contributed by atoms with Crippen molar-refractivity contribution in [1.82, 2.24) is 9.88 Å². The Hall–Kier alpha value is -2.20. The Balaban J connectivity index is 1.72. The molecular formula is C21H26N2O2. The highest BCUT2D eigenvalue weighted by molar-refractivity contribution is 5.87. The second-order valence-electron chi connectivity index (χ2n) is 7.25. The fourth-order valence-electron chi connectivity index (χ4n) is 3.62. The third-order valence-electron chi connectivity index (χ3n) is 5.44. The molecule has 1 aromatic heterocycles. The van der Waals surface area contributed by atoms with E-state index in [4.69, 9.17) is 4.74 Å². The summed E-state index contributed by atoms with van der Waals surface area (Å²) < 4.78 is 5.21. The third-order valence-corrected chi connectivity index (χ3v) is 5.44. The molecule has 25 heavy (non-hydrogen) atoms. The summed E-state index contributed by atoms with van der Waals surface area (Å²) >= 11 is 0. The Morgan fingerprint density at radius 1 is 1.28 bits per heavy atom. The second kappa shape index (κ2) is 7.36. The van der Waals surface area contributed by atoms with E-state index in [1.165, 1.54) is 11.1 Å². The van der Waals surface area contributed by atoms with Gasteiger partial charge in [0.25, 0.3) is 0 Å². The molecule has 0 amide bonds. The number of hydrogen-bond donors (Lipinski definition) is 0. The number of pyridine rings is 1. The van der Waals surface area contributed by atoms with E-state index < -0.39 is 0 Å². The van der Waals surface area contributed by atoms with Crippen LogP contribution in [0.5, 0.6) is 5.75 Å². The van der Waals surface area contributed by atoms with Crippen LogP contribution in [0.1, 0.15) is 36.9 Å². The monoisotopic (exact) mass is 338 g/mol. The van der Waals surface area contributed by atoms with Gasteiger partial charge in [0.15, 0.2) is 5.78 Å². The number of likely N-dealkylation sites (tertiary alicyclic amines) is 1. The van der Waals surface area contributed by atoms with Crippen LogP contribution in [0.3, 0.4) is 0 Å². The Morgan fingerprint density at radius 3 is 2.68 bits per heavy atom. The molecule has 1 fully saturated rings. The summed E-state index contributed by atoms with van der Waals surface area (Å²) in [6.07, 6.45) is 6.31. The van der Waals surface area contributed by atoms with Gasteiger partial charge >= 0.3 is 0 Å². The number of aromatic nitrogens is 1. The normalized spacial score (nSPS) is 24.3. The quantitative estimate of drug-likeness (QED) is 0.834. The first-order valence-electron chi connectivity index (χ1n) is 8.78. The molecule has 1 aliphatic rings. The van der Waals surface area contributed by atoms with Crippen molar-refractivity contribution in [3.05, 3.63) is 59.9 Å². The fraction of sp³-hybridized carbons (Fsp3) is 0.429. The number of piperidine rings is 1. The zero-order valence-electron chi connectivity index (χ0n) is 15.2. The lowest BCUT2D eigenvalue weighted by Gasteiger charge is -2.42. The maximum atomic E-state index is 12.7. The molecule has 0 N–H and O–H groups in total. The number of methoxy groups -OCH3 is 1. The molecule has 4 nitrogen and oxygen atoms in total. The molecule has 2 unspecified atom stereocenters. The first kappa shape index (κ1) is 17.6. The molecule has 2 heterocycles. The van der Waals surface area contributed by atoms with Crippen LogP contribution in [-0.4, -0.2) is 36.4 Å². The van der Waals surface area contributed by atoms with Gasteiger partial charge in [-0.1, -0.05) is 25.1 Å². The number of Topliss-reactive ketones (excluding diaryl/α,β-unsaturated/α-hetero) is 1. The van der Waals surface area contributed by atoms with Gasteiger partial charge in [0.05, 0.1) is 13.7 Å². The molecular weight excluding hydrogens is 312 g/mol. The molecule has 3 rings (SSSR count). The molecule has 0 bridgehead atoms. The molecule has 2 aromatic rings. The van der Waals surface area contributed by atoms with Gasteiger partial charge in [0.2, 0.25) is 0 Å². The smallest absolute Gasteiger partial charge is 0.152 e. The zero-order chi connectivity index (χ0) is 17.9. The highest BCUT2D eigenvalue weighted by atomic mass is 16.5. The van der Waals surface area contributed by atoms with Crippen molar-refractivity contribution in [2.75, 3.05) is 20.7 Å². The average Bonchev–Trinajstić information content (AvgIpc) is 2.64. The number of nitrogens with zero attached hydrogens (tertiary/aromatic N) is 2. The van der Waals surface area contributed by atoms with Gasteiger partial charge in [-0.05, 0) is 55.6 Å². The van der Waals surface area contributed by atoms with Crippen molar-refractivity contribution < 1.29 is 9.53 Å². The molecule has 1 aromatic carbocycles. The van der Waals surface area contributed by atoms with Crippen LogP contribution in [-0.2, 0) is 11.2 Å². The second-order valence-corrected chi connectivity index (χ2v) is 7.25. The van der Waals surface area contributed by atoms with Gasteiger partial charge in [-0.3, -0.25) is 14.7 Å². The van der Waals surface area contributed by atoms with E-state index in [0.717, 1.165) is 25.0 Å². The first-order chi connectivity index (χ1) is 12.0. The fourth-order valence-corrected chi connectivity index (χ4v) is 3.62. The SMILES string of the molecule is COc1ccc(CCC2(C)CC(c3cccnc3)N(C)CC2=O)cc1. The van der Waals surface area contributed by atoms with Gasteiger partial charge in [-0.2, -0.15) is 0 Å². The molecule has 1 saturated heterocycles. The molecule has 132 valence electrons. The zero-order valence-corrected chi connectivity index (χ0v) is 15.2. The van der Waals surface area contributed by atoms with Crippen LogP contribution in [0.15, 0.2) is 48.8 Å². The minimum absolute atomic E-state index is 0.243. The lowest BCUT2D eigenvalue weighted by atomic mass is 9.71. The molecule has 0 saturated carbocycles. The summed E-state index contributed by atoms with van der Waals surface area (Å²) in [7, 11) is 3.70. The van der Waals surface area contributed by atoms with Gasteiger partial charge in [-0.15, -0.1) is 0 Å². The number of hydrogen-bond acceptors (Lipinski definition) is 4. The van der Waals surface area contributed by atoms with Crippen LogP contribution in [0.2, 0.25) is 0 Å². The number of ether oxygens (including phenoxy) is 1.